The van der Waals surface area contributed by atoms with Gasteiger partial charge in [-0.2, -0.15) is 0 Å². The van der Waals surface area contributed by atoms with Crippen LogP contribution in [-0.4, -0.2) is 5.78 Å². The SMILES string of the molecule is CCC1(C)C(=O)CC1c1cccc(C)c1. The molecule has 1 heteroatoms. The molecule has 0 amide bonds. The van der Waals surface area contributed by atoms with E-state index in [1.807, 2.05) is 0 Å². The summed E-state index contributed by atoms with van der Waals surface area (Å²) in [6.07, 6.45) is 1.68. The number of benzene rings is 1. The van der Waals surface area contributed by atoms with Crippen LogP contribution in [0.1, 0.15) is 43.7 Å². The predicted octanol–water partition coefficient (Wildman–Crippen LogP) is 3.47. The molecule has 1 nitrogen and oxygen atoms in total. The Kier molecular flexibility index (Phi) is 2.41. The Morgan fingerprint density at radius 1 is 1.47 bits per heavy atom. The highest BCUT2D eigenvalue weighted by molar-refractivity contribution is 5.93. The van der Waals surface area contributed by atoms with E-state index in [4.69, 9.17) is 0 Å². The lowest BCUT2D eigenvalue weighted by Gasteiger charge is -2.45. The standard InChI is InChI=1S/C14H18O/c1-4-14(3)12(9-13(14)15)11-7-5-6-10(2)8-11/h5-8,12H,4,9H2,1-3H3. The van der Waals surface area contributed by atoms with Gasteiger partial charge in [0.05, 0.1) is 0 Å². The van der Waals surface area contributed by atoms with Crippen molar-refractivity contribution in [3.63, 3.8) is 0 Å². The number of carbonyl (C=O) groups excluding carboxylic acids is 1. The second kappa shape index (κ2) is 3.48. The van der Waals surface area contributed by atoms with Crippen molar-refractivity contribution in [2.24, 2.45) is 5.41 Å². The van der Waals surface area contributed by atoms with Gasteiger partial charge in [0.15, 0.2) is 0 Å². The summed E-state index contributed by atoms with van der Waals surface area (Å²) in [5.74, 6) is 0.867. The second-order valence-electron chi connectivity index (χ2n) is 4.87. The number of ketones is 1. The summed E-state index contributed by atoms with van der Waals surface area (Å²) in [7, 11) is 0. The van der Waals surface area contributed by atoms with E-state index in [9.17, 15) is 4.79 Å². The number of rotatable bonds is 2. The summed E-state index contributed by atoms with van der Waals surface area (Å²) < 4.78 is 0. The Bertz CT molecular complexity index is 394. The summed E-state index contributed by atoms with van der Waals surface area (Å²) in [5, 5.41) is 0. The lowest BCUT2D eigenvalue weighted by atomic mass is 9.56. The fraction of sp³-hybridized carbons (Fsp3) is 0.500. The molecule has 0 bridgehead atoms. The van der Waals surface area contributed by atoms with Crippen molar-refractivity contribution in [2.45, 2.75) is 39.5 Å². The van der Waals surface area contributed by atoms with Crippen molar-refractivity contribution in [2.75, 3.05) is 0 Å². The summed E-state index contributed by atoms with van der Waals surface area (Å²) in [5.41, 5.74) is 2.51. The minimum absolute atomic E-state index is 0.103. The molecule has 2 unspecified atom stereocenters. The normalized spacial score (nSPS) is 30.1. The first-order valence-corrected chi connectivity index (χ1v) is 5.68. The maximum atomic E-state index is 11.7. The van der Waals surface area contributed by atoms with E-state index in [1.165, 1.54) is 11.1 Å². The number of hydrogen-bond donors (Lipinski definition) is 0. The molecule has 0 aromatic heterocycles. The molecule has 2 atom stereocenters. The van der Waals surface area contributed by atoms with Crippen LogP contribution in [-0.2, 0) is 4.79 Å². The Morgan fingerprint density at radius 3 is 2.73 bits per heavy atom. The van der Waals surface area contributed by atoms with Gasteiger partial charge in [-0.3, -0.25) is 4.79 Å². The Morgan fingerprint density at radius 2 is 2.20 bits per heavy atom. The van der Waals surface area contributed by atoms with Crippen LogP contribution in [0.2, 0.25) is 0 Å². The fourth-order valence-electron chi connectivity index (χ4n) is 2.52. The number of hydrogen-bond acceptors (Lipinski definition) is 1. The molecular formula is C14H18O. The molecule has 15 heavy (non-hydrogen) atoms. The minimum atomic E-state index is -0.103. The molecule has 0 saturated heterocycles. The third-order valence-corrected chi connectivity index (χ3v) is 3.97. The van der Waals surface area contributed by atoms with E-state index >= 15 is 0 Å². The first kappa shape index (κ1) is 10.4. The van der Waals surface area contributed by atoms with Gasteiger partial charge in [-0.25, -0.2) is 0 Å². The molecule has 1 aliphatic rings. The van der Waals surface area contributed by atoms with Crippen LogP contribution in [0.4, 0.5) is 0 Å². The first-order valence-electron chi connectivity index (χ1n) is 5.68. The van der Waals surface area contributed by atoms with Gasteiger partial charge >= 0.3 is 0 Å². The topological polar surface area (TPSA) is 17.1 Å². The van der Waals surface area contributed by atoms with Crippen molar-refractivity contribution in [3.05, 3.63) is 35.4 Å². The van der Waals surface area contributed by atoms with Crippen LogP contribution < -0.4 is 0 Å². The molecule has 0 heterocycles. The highest BCUT2D eigenvalue weighted by Gasteiger charge is 2.49. The van der Waals surface area contributed by atoms with Gasteiger partial charge in [0.2, 0.25) is 0 Å². The predicted molar refractivity (Wildman–Crippen MR) is 61.9 cm³/mol. The maximum absolute atomic E-state index is 11.7. The van der Waals surface area contributed by atoms with E-state index in [1.54, 1.807) is 0 Å². The summed E-state index contributed by atoms with van der Waals surface area (Å²) in [6.45, 7) is 6.32. The van der Waals surface area contributed by atoms with Gasteiger partial charge in [0.1, 0.15) is 5.78 Å². The Labute approximate surface area is 91.5 Å². The van der Waals surface area contributed by atoms with Gasteiger partial charge in [0, 0.05) is 17.8 Å². The van der Waals surface area contributed by atoms with E-state index in [-0.39, 0.29) is 5.41 Å². The molecular weight excluding hydrogens is 184 g/mol. The maximum Gasteiger partial charge on any atom is 0.140 e. The van der Waals surface area contributed by atoms with Crippen LogP contribution in [0.15, 0.2) is 24.3 Å². The Hall–Kier alpha value is -1.11. The quantitative estimate of drug-likeness (QED) is 0.717. The zero-order valence-electron chi connectivity index (χ0n) is 9.71. The molecule has 1 aromatic carbocycles. The van der Waals surface area contributed by atoms with Crippen LogP contribution in [0.5, 0.6) is 0 Å². The van der Waals surface area contributed by atoms with Gasteiger partial charge in [0.25, 0.3) is 0 Å². The van der Waals surface area contributed by atoms with Gasteiger partial charge < -0.3 is 0 Å². The van der Waals surface area contributed by atoms with Crippen LogP contribution in [0.3, 0.4) is 0 Å². The van der Waals surface area contributed by atoms with E-state index in [0.29, 0.717) is 11.7 Å². The molecule has 0 aliphatic heterocycles. The highest BCUT2D eigenvalue weighted by atomic mass is 16.1. The first-order chi connectivity index (χ1) is 7.08. The summed E-state index contributed by atoms with van der Waals surface area (Å²) >= 11 is 0. The van der Waals surface area contributed by atoms with Gasteiger partial charge in [-0.15, -0.1) is 0 Å². The summed E-state index contributed by atoms with van der Waals surface area (Å²) in [4.78, 5) is 11.7. The average molecular weight is 202 g/mol. The van der Waals surface area contributed by atoms with Crippen LogP contribution in [0, 0.1) is 12.3 Å². The van der Waals surface area contributed by atoms with Crippen molar-refractivity contribution in [1.82, 2.24) is 0 Å². The molecule has 0 radical (unpaired) electrons. The largest absolute Gasteiger partial charge is 0.299 e. The smallest absolute Gasteiger partial charge is 0.140 e. The molecule has 1 saturated carbocycles. The number of carbonyl (C=O) groups is 1. The van der Waals surface area contributed by atoms with E-state index in [2.05, 4.69) is 45.0 Å². The zero-order chi connectivity index (χ0) is 11.1. The van der Waals surface area contributed by atoms with Crippen LogP contribution in [0.25, 0.3) is 0 Å². The second-order valence-corrected chi connectivity index (χ2v) is 4.87. The third-order valence-electron chi connectivity index (χ3n) is 3.97. The molecule has 0 N–H and O–H groups in total. The minimum Gasteiger partial charge on any atom is -0.299 e. The monoisotopic (exact) mass is 202 g/mol. The summed E-state index contributed by atoms with van der Waals surface area (Å²) in [6, 6.07) is 8.56. The van der Waals surface area contributed by atoms with Crippen molar-refractivity contribution in [1.29, 1.82) is 0 Å². The van der Waals surface area contributed by atoms with E-state index < -0.39 is 0 Å². The van der Waals surface area contributed by atoms with E-state index in [0.717, 1.165) is 12.8 Å². The number of Topliss-reactive ketones (excluding diaryl/α,β-unsaturated/α-hetero) is 1. The van der Waals surface area contributed by atoms with Crippen molar-refractivity contribution >= 4 is 5.78 Å². The molecule has 0 spiro atoms. The van der Waals surface area contributed by atoms with Gasteiger partial charge in [-0.05, 0) is 18.9 Å². The zero-order valence-corrected chi connectivity index (χ0v) is 9.71. The highest BCUT2D eigenvalue weighted by Crippen LogP contribution is 2.51. The fourth-order valence-corrected chi connectivity index (χ4v) is 2.52. The lowest BCUT2D eigenvalue weighted by Crippen LogP contribution is -2.45. The molecule has 80 valence electrons. The third kappa shape index (κ3) is 1.50. The molecule has 1 fully saturated rings. The van der Waals surface area contributed by atoms with Crippen molar-refractivity contribution < 1.29 is 4.79 Å². The van der Waals surface area contributed by atoms with Crippen LogP contribution >= 0.6 is 0 Å². The Balaban J connectivity index is 2.30. The number of aryl methyl sites for hydroxylation is 1. The molecule has 1 aromatic rings. The van der Waals surface area contributed by atoms with Crippen molar-refractivity contribution in [3.8, 4) is 0 Å². The van der Waals surface area contributed by atoms with Gasteiger partial charge in [-0.1, -0.05) is 43.7 Å². The lowest BCUT2D eigenvalue weighted by molar-refractivity contribution is -0.139. The molecule has 1 aliphatic carbocycles. The molecule has 2 rings (SSSR count). The average Bonchev–Trinajstić information content (AvgIpc) is 2.24.